The van der Waals surface area contributed by atoms with Crippen LogP contribution >= 0.6 is 0 Å². The number of nitrogens with one attached hydrogen (secondary N) is 1. The predicted octanol–water partition coefficient (Wildman–Crippen LogP) is 2.30. The van der Waals surface area contributed by atoms with Crippen molar-refractivity contribution in [1.29, 1.82) is 0 Å². The Morgan fingerprint density at radius 3 is 2.20 bits per heavy atom. The Morgan fingerprint density at radius 2 is 1.60 bits per heavy atom. The van der Waals surface area contributed by atoms with Crippen LogP contribution in [0.1, 0.15) is 17.0 Å². The molecule has 0 spiro atoms. The second-order valence-electron chi connectivity index (χ2n) is 7.55. The van der Waals surface area contributed by atoms with E-state index in [0.29, 0.717) is 39.3 Å². The highest BCUT2D eigenvalue weighted by atomic mass is 16.6. The van der Waals surface area contributed by atoms with Crippen LogP contribution in [0.4, 0.5) is 4.79 Å². The normalized spacial score (nSPS) is 15.8. The van der Waals surface area contributed by atoms with Crippen LogP contribution in [-0.2, 0) is 9.53 Å². The number of piperazine rings is 1. The maximum atomic E-state index is 12.6. The van der Waals surface area contributed by atoms with Gasteiger partial charge in [-0.25, -0.2) is 4.79 Å². The Kier molecular flexibility index (Phi) is 6.01. The standard InChI is InChI=1S/C24H25N3O3/c1-2-11-25-23(28)16-26-12-14-27(15-13-26)24(29)30-17-22-20-9-5-3-7-18(20)19-8-4-6-10-21(19)22/h1,3-10,22H,11-17H2,(H,25,28). The number of carbonyl (C=O) groups excluding carboxylic acids is 2. The summed E-state index contributed by atoms with van der Waals surface area (Å²) in [5.41, 5.74) is 4.83. The van der Waals surface area contributed by atoms with Crippen LogP contribution in [0.5, 0.6) is 0 Å². The molecule has 0 bridgehead atoms. The van der Waals surface area contributed by atoms with E-state index in [1.807, 2.05) is 29.2 Å². The number of rotatable bonds is 5. The van der Waals surface area contributed by atoms with Crippen molar-refractivity contribution in [3.8, 4) is 23.5 Å². The third kappa shape index (κ3) is 4.17. The number of ether oxygens (including phenoxy) is 1. The van der Waals surface area contributed by atoms with Crippen LogP contribution in [0.15, 0.2) is 48.5 Å². The molecule has 6 nitrogen and oxygen atoms in total. The van der Waals surface area contributed by atoms with Gasteiger partial charge in [-0.1, -0.05) is 54.5 Å². The Morgan fingerprint density at radius 1 is 1.00 bits per heavy atom. The van der Waals surface area contributed by atoms with Crippen molar-refractivity contribution < 1.29 is 14.3 Å². The van der Waals surface area contributed by atoms with E-state index in [0.717, 1.165) is 0 Å². The minimum atomic E-state index is -0.298. The van der Waals surface area contributed by atoms with Crippen molar-refractivity contribution in [1.82, 2.24) is 15.1 Å². The van der Waals surface area contributed by atoms with Gasteiger partial charge in [-0.15, -0.1) is 6.42 Å². The van der Waals surface area contributed by atoms with E-state index in [4.69, 9.17) is 11.2 Å². The summed E-state index contributed by atoms with van der Waals surface area (Å²) in [4.78, 5) is 28.1. The molecule has 154 valence electrons. The van der Waals surface area contributed by atoms with E-state index in [1.54, 1.807) is 4.90 Å². The minimum Gasteiger partial charge on any atom is -0.448 e. The maximum absolute atomic E-state index is 12.6. The van der Waals surface area contributed by atoms with E-state index in [1.165, 1.54) is 22.3 Å². The minimum absolute atomic E-state index is 0.0579. The quantitative estimate of drug-likeness (QED) is 0.779. The first-order valence-corrected chi connectivity index (χ1v) is 10.2. The first-order valence-electron chi connectivity index (χ1n) is 10.2. The molecule has 0 saturated carbocycles. The molecule has 0 aromatic heterocycles. The highest BCUT2D eigenvalue weighted by Crippen LogP contribution is 2.44. The van der Waals surface area contributed by atoms with Crippen LogP contribution in [0.3, 0.4) is 0 Å². The summed E-state index contributed by atoms with van der Waals surface area (Å²) < 4.78 is 5.72. The van der Waals surface area contributed by atoms with E-state index in [-0.39, 0.29) is 24.5 Å². The second-order valence-corrected chi connectivity index (χ2v) is 7.55. The van der Waals surface area contributed by atoms with Crippen LogP contribution in [0, 0.1) is 12.3 Å². The largest absolute Gasteiger partial charge is 0.448 e. The van der Waals surface area contributed by atoms with Gasteiger partial charge in [-0.3, -0.25) is 9.69 Å². The highest BCUT2D eigenvalue weighted by Gasteiger charge is 2.30. The fourth-order valence-electron chi connectivity index (χ4n) is 4.18. The summed E-state index contributed by atoms with van der Waals surface area (Å²) in [7, 11) is 0. The molecule has 2 aliphatic rings. The van der Waals surface area contributed by atoms with Gasteiger partial charge in [0.25, 0.3) is 0 Å². The van der Waals surface area contributed by atoms with Crippen molar-refractivity contribution in [2.45, 2.75) is 5.92 Å². The molecule has 4 rings (SSSR count). The number of hydrogen-bond acceptors (Lipinski definition) is 4. The molecular formula is C24H25N3O3. The van der Waals surface area contributed by atoms with E-state index in [2.05, 4.69) is 35.5 Å². The molecule has 2 aromatic rings. The number of carbonyl (C=O) groups is 2. The molecule has 0 atom stereocenters. The number of hydrogen-bond donors (Lipinski definition) is 1. The second kappa shape index (κ2) is 9.02. The molecule has 2 aromatic carbocycles. The van der Waals surface area contributed by atoms with Crippen LogP contribution in [0.25, 0.3) is 11.1 Å². The molecule has 1 N–H and O–H groups in total. The van der Waals surface area contributed by atoms with E-state index in [9.17, 15) is 9.59 Å². The number of benzene rings is 2. The first-order chi connectivity index (χ1) is 14.7. The Bertz CT molecular complexity index is 928. The van der Waals surface area contributed by atoms with Gasteiger partial charge in [0.15, 0.2) is 0 Å². The summed E-state index contributed by atoms with van der Waals surface area (Å²) in [6.45, 7) is 3.19. The summed E-state index contributed by atoms with van der Waals surface area (Å²) in [5.74, 6) is 2.35. The van der Waals surface area contributed by atoms with E-state index >= 15 is 0 Å². The summed E-state index contributed by atoms with van der Waals surface area (Å²) in [5, 5.41) is 2.66. The van der Waals surface area contributed by atoms with E-state index < -0.39 is 0 Å². The Balaban J connectivity index is 1.31. The van der Waals surface area contributed by atoms with Crippen LogP contribution in [0.2, 0.25) is 0 Å². The number of fused-ring (bicyclic) bond motifs is 3. The number of nitrogens with zero attached hydrogens (tertiary/aromatic N) is 2. The lowest BCUT2D eigenvalue weighted by Gasteiger charge is -2.33. The smallest absolute Gasteiger partial charge is 0.409 e. The molecule has 1 saturated heterocycles. The van der Waals surface area contributed by atoms with Crippen molar-refractivity contribution >= 4 is 12.0 Å². The van der Waals surface area contributed by atoms with Gasteiger partial charge in [0, 0.05) is 32.1 Å². The van der Waals surface area contributed by atoms with Gasteiger partial charge < -0.3 is 15.0 Å². The lowest BCUT2D eigenvalue weighted by atomic mass is 9.98. The van der Waals surface area contributed by atoms with Gasteiger partial charge in [0.05, 0.1) is 13.1 Å². The zero-order valence-electron chi connectivity index (χ0n) is 16.8. The fourth-order valence-corrected chi connectivity index (χ4v) is 4.18. The van der Waals surface area contributed by atoms with Gasteiger partial charge in [0.1, 0.15) is 6.61 Å². The predicted molar refractivity (Wildman–Crippen MR) is 115 cm³/mol. The highest BCUT2D eigenvalue weighted by molar-refractivity contribution is 5.79. The van der Waals surface area contributed by atoms with Gasteiger partial charge in [-0.05, 0) is 22.3 Å². The zero-order chi connectivity index (χ0) is 20.9. The molecule has 2 amide bonds. The van der Waals surface area contributed by atoms with Crippen molar-refractivity contribution in [2.24, 2.45) is 0 Å². The maximum Gasteiger partial charge on any atom is 0.409 e. The monoisotopic (exact) mass is 403 g/mol. The zero-order valence-corrected chi connectivity index (χ0v) is 16.8. The van der Waals surface area contributed by atoms with Crippen LogP contribution in [-0.4, -0.2) is 67.7 Å². The van der Waals surface area contributed by atoms with Gasteiger partial charge in [-0.2, -0.15) is 0 Å². The third-order valence-electron chi connectivity index (χ3n) is 5.72. The SMILES string of the molecule is C#CCNC(=O)CN1CCN(C(=O)OCC2c3ccccc3-c3ccccc32)CC1. The van der Waals surface area contributed by atoms with Crippen molar-refractivity contribution in [3.05, 3.63) is 59.7 Å². The van der Waals surface area contributed by atoms with Crippen LogP contribution < -0.4 is 5.32 Å². The molecule has 1 aliphatic carbocycles. The Labute approximate surface area is 176 Å². The summed E-state index contributed by atoms with van der Waals surface area (Å²) in [6.07, 6.45) is 4.85. The third-order valence-corrected chi connectivity index (χ3v) is 5.72. The topological polar surface area (TPSA) is 61.9 Å². The molecule has 1 fully saturated rings. The Hall–Kier alpha value is -3.30. The molecule has 0 radical (unpaired) electrons. The molecular weight excluding hydrogens is 378 g/mol. The number of amides is 2. The summed E-state index contributed by atoms with van der Waals surface area (Å²) >= 11 is 0. The average molecular weight is 403 g/mol. The molecule has 1 aliphatic heterocycles. The summed E-state index contributed by atoms with van der Waals surface area (Å²) in [6, 6.07) is 16.6. The lowest BCUT2D eigenvalue weighted by Crippen LogP contribution is -2.51. The van der Waals surface area contributed by atoms with Crippen molar-refractivity contribution in [3.63, 3.8) is 0 Å². The number of terminal acetylenes is 1. The molecule has 30 heavy (non-hydrogen) atoms. The van der Waals surface area contributed by atoms with Gasteiger partial charge >= 0.3 is 6.09 Å². The fraction of sp³-hybridized carbons (Fsp3) is 0.333. The van der Waals surface area contributed by atoms with Gasteiger partial charge in [0.2, 0.25) is 5.91 Å². The molecule has 0 unspecified atom stereocenters. The van der Waals surface area contributed by atoms with Crippen molar-refractivity contribution in [2.75, 3.05) is 45.9 Å². The first kappa shape index (κ1) is 20.0. The molecule has 6 heteroatoms. The lowest BCUT2D eigenvalue weighted by molar-refractivity contribution is -0.122. The average Bonchev–Trinajstić information content (AvgIpc) is 3.10. The molecule has 1 heterocycles.